The quantitative estimate of drug-likeness (QED) is 0.860. The van der Waals surface area contributed by atoms with Crippen LogP contribution in [0.5, 0.6) is 0 Å². The summed E-state index contributed by atoms with van der Waals surface area (Å²) in [6, 6.07) is 6.68. The summed E-state index contributed by atoms with van der Waals surface area (Å²) in [6.45, 7) is 0.379. The average Bonchev–Trinajstić information content (AvgIpc) is 2.45. The predicted molar refractivity (Wildman–Crippen MR) is 73.1 cm³/mol. The molecule has 3 nitrogen and oxygen atoms in total. The maximum absolute atomic E-state index is 12.4. The van der Waals surface area contributed by atoms with E-state index in [-0.39, 0.29) is 0 Å². The number of hydrogen-bond acceptors (Lipinski definition) is 3. The zero-order valence-electron chi connectivity index (χ0n) is 11.3. The van der Waals surface area contributed by atoms with Crippen molar-refractivity contribution in [3.8, 4) is 0 Å². The third kappa shape index (κ3) is 4.39. The minimum Gasteiger partial charge on any atom is -0.378 e. The monoisotopic (exact) mass is 294 g/mol. The lowest BCUT2D eigenvalue weighted by Crippen LogP contribution is -2.03. The molecule has 0 saturated heterocycles. The van der Waals surface area contributed by atoms with Crippen LogP contribution in [-0.2, 0) is 17.5 Å². The molecule has 1 heterocycles. The number of halogens is 3. The van der Waals surface area contributed by atoms with Gasteiger partial charge in [0.2, 0.25) is 0 Å². The van der Waals surface area contributed by atoms with Gasteiger partial charge in [0.15, 0.2) is 0 Å². The SMILES string of the molecule is COCc1cc(/C=C/c2ccc(C(F)(F)F)cc2)ncn1. The Hall–Kier alpha value is -2.21. The van der Waals surface area contributed by atoms with Gasteiger partial charge < -0.3 is 4.74 Å². The van der Waals surface area contributed by atoms with E-state index >= 15 is 0 Å². The van der Waals surface area contributed by atoms with Gasteiger partial charge in [-0.05, 0) is 29.8 Å². The summed E-state index contributed by atoms with van der Waals surface area (Å²) in [5.74, 6) is 0. The van der Waals surface area contributed by atoms with Crippen LogP contribution in [0.2, 0.25) is 0 Å². The van der Waals surface area contributed by atoms with Gasteiger partial charge in [-0.3, -0.25) is 0 Å². The molecule has 1 aromatic heterocycles. The van der Waals surface area contributed by atoms with Crippen LogP contribution in [0.15, 0.2) is 36.7 Å². The van der Waals surface area contributed by atoms with E-state index in [1.165, 1.54) is 18.5 Å². The summed E-state index contributed by atoms with van der Waals surface area (Å²) >= 11 is 0. The second-order valence-electron chi connectivity index (χ2n) is 4.32. The second-order valence-corrected chi connectivity index (χ2v) is 4.32. The van der Waals surface area contributed by atoms with Crippen molar-refractivity contribution in [1.82, 2.24) is 9.97 Å². The van der Waals surface area contributed by atoms with E-state index in [0.717, 1.165) is 17.8 Å². The minimum atomic E-state index is -4.32. The summed E-state index contributed by atoms with van der Waals surface area (Å²) in [5, 5.41) is 0. The zero-order chi connectivity index (χ0) is 15.3. The molecule has 6 heteroatoms. The maximum Gasteiger partial charge on any atom is 0.416 e. The largest absolute Gasteiger partial charge is 0.416 e. The molecule has 0 unspecified atom stereocenters. The Bertz CT molecular complexity index is 622. The van der Waals surface area contributed by atoms with Gasteiger partial charge in [0, 0.05) is 7.11 Å². The standard InChI is InChI=1S/C15H13F3N2O/c1-21-9-14-8-13(19-10-20-14)7-4-11-2-5-12(6-3-11)15(16,17)18/h2-8,10H,9H2,1H3/b7-4+. The van der Waals surface area contributed by atoms with Crippen LogP contribution in [-0.4, -0.2) is 17.1 Å². The maximum atomic E-state index is 12.4. The topological polar surface area (TPSA) is 35.0 Å². The molecule has 0 aliphatic rings. The highest BCUT2D eigenvalue weighted by atomic mass is 19.4. The Kier molecular flexibility index (Phi) is 4.70. The van der Waals surface area contributed by atoms with E-state index in [9.17, 15) is 13.2 Å². The zero-order valence-corrected chi connectivity index (χ0v) is 11.3. The highest BCUT2D eigenvalue weighted by molar-refractivity contribution is 5.68. The second kappa shape index (κ2) is 6.49. The van der Waals surface area contributed by atoms with Gasteiger partial charge in [-0.15, -0.1) is 0 Å². The number of benzene rings is 1. The Morgan fingerprint density at radius 2 is 1.81 bits per heavy atom. The van der Waals surface area contributed by atoms with E-state index in [0.29, 0.717) is 17.9 Å². The van der Waals surface area contributed by atoms with Gasteiger partial charge in [0.05, 0.1) is 23.6 Å². The Morgan fingerprint density at radius 1 is 1.10 bits per heavy atom. The van der Waals surface area contributed by atoms with E-state index < -0.39 is 11.7 Å². The normalized spacial score (nSPS) is 12.0. The molecule has 0 bridgehead atoms. The fraction of sp³-hybridized carbons (Fsp3) is 0.200. The van der Waals surface area contributed by atoms with Crippen LogP contribution >= 0.6 is 0 Å². The number of methoxy groups -OCH3 is 1. The summed E-state index contributed by atoms with van der Waals surface area (Å²) in [6.07, 6.45) is 0.507. The van der Waals surface area contributed by atoms with Gasteiger partial charge in [-0.2, -0.15) is 13.2 Å². The smallest absolute Gasteiger partial charge is 0.378 e. The Labute approximate surface area is 120 Å². The molecule has 0 aliphatic carbocycles. The Balaban J connectivity index is 2.12. The van der Waals surface area contributed by atoms with Gasteiger partial charge in [-0.1, -0.05) is 18.2 Å². The van der Waals surface area contributed by atoms with Gasteiger partial charge >= 0.3 is 6.18 Å². The average molecular weight is 294 g/mol. The van der Waals surface area contributed by atoms with Gasteiger partial charge in [-0.25, -0.2) is 9.97 Å². The van der Waals surface area contributed by atoms with Crippen molar-refractivity contribution >= 4 is 12.2 Å². The van der Waals surface area contributed by atoms with Crippen LogP contribution in [0.1, 0.15) is 22.5 Å². The summed E-state index contributed by atoms with van der Waals surface area (Å²) in [4.78, 5) is 8.09. The molecule has 110 valence electrons. The molecule has 0 fully saturated rings. The van der Waals surface area contributed by atoms with Crippen molar-refractivity contribution < 1.29 is 17.9 Å². The van der Waals surface area contributed by atoms with Crippen LogP contribution in [0, 0.1) is 0 Å². The highest BCUT2D eigenvalue weighted by Crippen LogP contribution is 2.29. The number of nitrogens with zero attached hydrogens (tertiary/aromatic N) is 2. The lowest BCUT2D eigenvalue weighted by molar-refractivity contribution is -0.137. The molecule has 0 atom stereocenters. The van der Waals surface area contributed by atoms with Crippen molar-refractivity contribution in [2.45, 2.75) is 12.8 Å². The molecular weight excluding hydrogens is 281 g/mol. The van der Waals surface area contributed by atoms with Gasteiger partial charge in [0.1, 0.15) is 6.33 Å². The molecule has 1 aromatic carbocycles. The first-order valence-corrected chi connectivity index (χ1v) is 6.14. The lowest BCUT2D eigenvalue weighted by Gasteiger charge is -2.05. The number of aromatic nitrogens is 2. The fourth-order valence-electron chi connectivity index (χ4n) is 1.70. The van der Waals surface area contributed by atoms with E-state index in [1.54, 1.807) is 25.3 Å². The van der Waals surface area contributed by atoms with E-state index in [1.807, 2.05) is 0 Å². The third-order valence-corrected chi connectivity index (χ3v) is 2.72. The number of alkyl halides is 3. The van der Waals surface area contributed by atoms with Crippen molar-refractivity contribution in [3.05, 3.63) is 59.2 Å². The third-order valence-electron chi connectivity index (χ3n) is 2.72. The number of ether oxygens (including phenoxy) is 1. The number of hydrogen-bond donors (Lipinski definition) is 0. The molecule has 0 saturated carbocycles. The fourth-order valence-corrected chi connectivity index (χ4v) is 1.70. The minimum absolute atomic E-state index is 0.379. The molecule has 2 rings (SSSR count). The summed E-state index contributed by atoms with van der Waals surface area (Å²) < 4.78 is 42.3. The van der Waals surface area contributed by atoms with Crippen LogP contribution < -0.4 is 0 Å². The predicted octanol–water partition coefficient (Wildman–Crippen LogP) is 3.81. The molecule has 0 radical (unpaired) electrons. The van der Waals surface area contributed by atoms with Crippen LogP contribution in [0.3, 0.4) is 0 Å². The molecule has 21 heavy (non-hydrogen) atoms. The van der Waals surface area contributed by atoms with Gasteiger partial charge in [0.25, 0.3) is 0 Å². The van der Waals surface area contributed by atoms with E-state index in [4.69, 9.17) is 4.74 Å². The first-order valence-electron chi connectivity index (χ1n) is 6.14. The molecular formula is C15H13F3N2O. The van der Waals surface area contributed by atoms with Crippen molar-refractivity contribution in [1.29, 1.82) is 0 Å². The Morgan fingerprint density at radius 3 is 2.43 bits per heavy atom. The summed E-state index contributed by atoms with van der Waals surface area (Å²) in [5.41, 5.74) is 1.40. The van der Waals surface area contributed by atoms with Crippen molar-refractivity contribution in [3.63, 3.8) is 0 Å². The highest BCUT2D eigenvalue weighted by Gasteiger charge is 2.29. The summed E-state index contributed by atoms with van der Waals surface area (Å²) in [7, 11) is 1.57. The molecule has 0 amide bonds. The molecule has 0 N–H and O–H groups in total. The number of rotatable bonds is 4. The molecule has 0 aliphatic heterocycles. The van der Waals surface area contributed by atoms with Crippen molar-refractivity contribution in [2.24, 2.45) is 0 Å². The van der Waals surface area contributed by atoms with Crippen LogP contribution in [0.25, 0.3) is 12.2 Å². The lowest BCUT2D eigenvalue weighted by atomic mass is 10.1. The van der Waals surface area contributed by atoms with Crippen molar-refractivity contribution in [2.75, 3.05) is 7.11 Å². The molecule has 0 spiro atoms. The molecule has 2 aromatic rings. The first-order chi connectivity index (χ1) is 9.99. The van der Waals surface area contributed by atoms with E-state index in [2.05, 4.69) is 9.97 Å². The first kappa shape index (κ1) is 15.2. The van der Waals surface area contributed by atoms with Crippen LogP contribution in [0.4, 0.5) is 13.2 Å².